The lowest BCUT2D eigenvalue weighted by atomic mass is 9.85. The molecule has 0 N–H and O–H groups in total. The molecule has 0 spiro atoms. The van der Waals surface area contributed by atoms with E-state index < -0.39 is 11.9 Å². The zero-order chi connectivity index (χ0) is 14.7. The average molecular weight is 280 g/mol. The molecule has 1 saturated heterocycles. The number of benzene rings is 2. The maximum absolute atomic E-state index is 12.4. The number of carbonyl (C=O) groups excluding carboxylic acids is 2. The number of cyclic esters (lactones) is 1. The Hall–Kier alpha value is -2.42. The Morgan fingerprint density at radius 2 is 1.57 bits per heavy atom. The van der Waals surface area contributed by atoms with Crippen molar-refractivity contribution in [2.75, 3.05) is 0 Å². The van der Waals surface area contributed by atoms with Gasteiger partial charge in [0.05, 0.1) is 0 Å². The smallest absolute Gasteiger partial charge is 0.321 e. The van der Waals surface area contributed by atoms with E-state index in [0.717, 1.165) is 6.42 Å². The Morgan fingerprint density at radius 1 is 0.952 bits per heavy atom. The highest BCUT2D eigenvalue weighted by Crippen LogP contribution is 2.29. The van der Waals surface area contributed by atoms with Gasteiger partial charge < -0.3 is 4.74 Å². The standard InChI is InChI=1S/C18H16O3/c19-17(14-9-5-2-6-10-14)16-15(21-18(16)20)12-11-13-7-3-1-4-8-13/h1-10,15-16H,11-12H2/t15-,16+/m0/s1. The number of Topliss-reactive ketones (excluding diaryl/α,β-unsaturated/α-hetero) is 1. The zero-order valence-corrected chi connectivity index (χ0v) is 11.6. The fraction of sp³-hybridized carbons (Fsp3) is 0.222. The second-order valence-electron chi connectivity index (χ2n) is 5.21. The van der Waals surface area contributed by atoms with Gasteiger partial charge in [-0.15, -0.1) is 0 Å². The van der Waals surface area contributed by atoms with E-state index in [-0.39, 0.29) is 11.9 Å². The van der Waals surface area contributed by atoms with E-state index in [4.69, 9.17) is 4.74 Å². The maximum atomic E-state index is 12.4. The molecule has 0 bridgehead atoms. The summed E-state index contributed by atoms with van der Waals surface area (Å²) in [5.41, 5.74) is 1.76. The van der Waals surface area contributed by atoms with Crippen LogP contribution in [0.25, 0.3) is 0 Å². The molecule has 3 nitrogen and oxygen atoms in total. The Balaban J connectivity index is 1.65. The lowest BCUT2D eigenvalue weighted by molar-refractivity contribution is -0.179. The van der Waals surface area contributed by atoms with Gasteiger partial charge >= 0.3 is 5.97 Å². The minimum Gasteiger partial charge on any atom is -0.460 e. The van der Waals surface area contributed by atoms with E-state index in [0.29, 0.717) is 12.0 Å². The normalized spacial score (nSPS) is 20.5. The summed E-state index contributed by atoms with van der Waals surface area (Å²) in [6, 6.07) is 18.9. The molecule has 106 valence electrons. The van der Waals surface area contributed by atoms with Crippen LogP contribution in [0.1, 0.15) is 22.3 Å². The Labute approximate surface area is 123 Å². The summed E-state index contributed by atoms with van der Waals surface area (Å²) in [5.74, 6) is -1.18. The van der Waals surface area contributed by atoms with Crippen molar-refractivity contribution in [3.05, 3.63) is 71.8 Å². The van der Waals surface area contributed by atoms with Crippen LogP contribution in [-0.2, 0) is 16.0 Å². The third kappa shape index (κ3) is 2.87. The highest BCUT2D eigenvalue weighted by molar-refractivity contribution is 6.11. The van der Waals surface area contributed by atoms with Crippen LogP contribution in [0.2, 0.25) is 0 Å². The molecule has 2 aromatic carbocycles. The van der Waals surface area contributed by atoms with Crippen LogP contribution in [0.15, 0.2) is 60.7 Å². The largest absolute Gasteiger partial charge is 0.460 e. The fourth-order valence-electron chi connectivity index (χ4n) is 2.61. The van der Waals surface area contributed by atoms with Crippen LogP contribution in [0.4, 0.5) is 0 Å². The highest BCUT2D eigenvalue weighted by atomic mass is 16.6. The molecular formula is C18H16O3. The summed E-state index contributed by atoms with van der Waals surface area (Å²) in [5, 5.41) is 0. The lowest BCUT2D eigenvalue weighted by Crippen LogP contribution is -2.49. The first kappa shape index (κ1) is 13.6. The molecule has 0 saturated carbocycles. The predicted octanol–water partition coefficient (Wildman–Crippen LogP) is 3.04. The Kier molecular flexibility index (Phi) is 3.82. The van der Waals surface area contributed by atoms with Gasteiger partial charge in [0.15, 0.2) is 11.7 Å². The quantitative estimate of drug-likeness (QED) is 0.480. The summed E-state index contributed by atoms with van der Waals surface area (Å²) in [4.78, 5) is 24.0. The van der Waals surface area contributed by atoms with Crippen LogP contribution in [0, 0.1) is 5.92 Å². The highest BCUT2D eigenvalue weighted by Gasteiger charge is 2.47. The molecule has 0 unspecified atom stereocenters. The van der Waals surface area contributed by atoms with Crippen LogP contribution in [0.5, 0.6) is 0 Å². The van der Waals surface area contributed by atoms with Gasteiger partial charge in [0.2, 0.25) is 0 Å². The lowest BCUT2D eigenvalue weighted by Gasteiger charge is -2.34. The van der Waals surface area contributed by atoms with E-state index in [9.17, 15) is 9.59 Å². The van der Waals surface area contributed by atoms with Gasteiger partial charge in [-0.2, -0.15) is 0 Å². The first-order valence-corrected chi connectivity index (χ1v) is 7.09. The van der Waals surface area contributed by atoms with E-state index >= 15 is 0 Å². The summed E-state index contributed by atoms with van der Waals surface area (Å²) in [6.07, 6.45) is 1.18. The number of aryl methyl sites for hydroxylation is 1. The SMILES string of the molecule is O=C1O[C@@H](CCc2ccccc2)[C@@H]1C(=O)c1ccccc1. The predicted molar refractivity (Wildman–Crippen MR) is 78.9 cm³/mol. The molecule has 1 aliphatic rings. The number of carbonyl (C=O) groups is 2. The van der Waals surface area contributed by atoms with E-state index in [1.54, 1.807) is 24.3 Å². The molecule has 0 aliphatic carbocycles. The van der Waals surface area contributed by atoms with Crippen LogP contribution < -0.4 is 0 Å². The van der Waals surface area contributed by atoms with Crippen molar-refractivity contribution in [1.29, 1.82) is 0 Å². The molecule has 1 heterocycles. The molecule has 21 heavy (non-hydrogen) atoms. The summed E-state index contributed by atoms with van der Waals surface area (Å²) < 4.78 is 5.16. The molecule has 3 heteroatoms. The van der Waals surface area contributed by atoms with Crippen LogP contribution >= 0.6 is 0 Å². The van der Waals surface area contributed by atoms with Crippen molar-refractivity contribution in [3.63, 3.8) is 0 Å². The third-order valence-electron chi connectivity index (χ3n) is 3.79. The van der Waals surface area contributed by atoms with Gasteiger partial charge in [-0.3, -0.25) is 9.59 Å². The number of esters is 1. The van der Waals surface area contributed by atoms with E-state index in [1.165, 1.54) is 5.56 Å². The fourth-order valence-corrected chi connectivity index (χ4v) is 2.61. The number of ether oxygens (including phenoxy) is 1. The summed E-state index contributed by atoms with van der Waals surface area (Å²) in [6.45, 7) is 0. The van der Waals surface area contributed by atoms with Gasteiger partial charge in [0.1, 0.15) is 6.10 Å². The molecule has 1 fully saturated rings. The van der Waals surface area contributed by atoms with Crippen LogP contribution in [0.3, 0.4) is 0 Å². The zero-order valence-electron chi connectivity index (χ0n) is 11.6. The van der Waals surface area contributed by atoms with Gasteiger partial charge in [-0.1, -0.05) is 60.7 Å². The van der Waals surface area contributed by atoms with Crippen molar-refractivity contribution in [2.24, 2.45) is 5.92 Å². The molecule has 1 aliphatic heterocycles. The minimum atomic E-state index is -0.642. The molecule has 0 radical (unpaired) electrons. The number of hydrogen-bond donors (Lipinski definition) is 0. The number of ketones is 1. The first-order valence-electron chi connectivity index (χ1n) is 7.09. The monoisotopic (exact) mass is 280 g/mol. The minimum absolute atomic E-state index is 0.134. The van der Waals surface area contributed by atoms with Gasteiger partial charge in [0, 0.05) is 5.56 Å². The molecule has 0 aromatic heterocycles. The Bertz CT molecular complexity index is 634. The third-order valence-corrected chi connectivity index (χ3v) is 3.79. The van der Waals surface area contributed by atoms with Crippen molar-refractivity contribution < 1.29 is 14.3 Å². The molecular weight excluding hydrogens is 264 g/mol. The summed E-state index contributed by atoms with van der Waals surface area (Å²) in [7, 11) is 0. The first-order chi connectivity index (χ1) is 10.3. The Morgan fingerprint density at radius 3 is 2.19 bits per heavy atom. The van der Waals surface area contributed by atoms with Crippen molar-refractivity contribution >= 4 is 11.8 Å². The molecule has 2 aromatic rings. The molecule has 2 atom stereocenters. The van der Waals surface area contributed by atoms with Crippen molar-refractivity contribution in [1.82, 2.24) is 0 Å². The van der Waals surface area contributed by atoms with Gasteiger partial charge in [0.25, 0.3) is 0 Å². The van der Waals surface area contributed by atoms with E-state index in [2.05, 4.69) is 0 Å². The van der Waals surface area contributed by atoms with Gasteiger partial charge in [-0.25, -0.2) is 0 Å². The molecule has 0 amide bonds. The van der Waals surface area contributed by atoms with Crippen LogP contribution in [-0.4, -0.2) is 17.9 Å². The van der Waals surface area contributed by atoms with E-state index in [1.807, 2.05) is 36.4 Å². The second kappa shape index (κ2) is 5.92. The number of rotatable bonds is 5. The average Bonchev–Trinajstić information content (AvgIpc) is 2.53. The molecule has 3 rings (SSSR count). The second-order valence-corrected chi connectivity index (χ2v) is 5.21. The van der Waals surface area contributed by atoms with Crippen molar-refractivity contribution in [3.8, 4) is 0 Å². The number of hydrogen-bond acceptors (Lipinski definition) is 3. The van der Waals surface area contributed by atoms with Crippen molar-refractivity contribution in [2.45, 2.75) is 18.9 Å². The topological polar surface area (TPSA) is 43.4 Å². The maximum Gasteiger partial charge on any atom is 0.321 e. The van der Waals surface area contributed by atoms with Gasteiger partial charge in [-0.05, 0) is 18.4 Å². The summed E-state index contributed by atoms with van der Waals surface area (Å²) >= 11 is 0.